The predicted octanol–water partition coefficient (Wildman–Crippen LogP) is 3.26. The number of hydrogen-bond donors (Lipinski definition) is 2. The van der Waals surface area contributed by atoms with E-state index >= 15 is 0 Å². The topological polar surface area (TPSA) is 84.3 Å². The summed E-state index contributed by atoms with van der Waals surface area (Å²) in [7, 11) is 0. The lowest BCUT2D eigenvalue weighted by Crippen LogP contribution is -2.22. The molecule has 114 valence electrons. The second-order valence-electron chi connectivity index (χ2n) is 4.95. The van der Waals surface area contributed by atoms with E-state index in [0.29, 0.717) is 5.69 Å². The number of anilines is 2. The lowest BCUT2D eigenvalue weighted by Gasteiger charge is -2.11. The molecule has 0 radical (unpaired) electrons. The summed E-state index contributed by atoms with van der Waals surface area (Å²) in [6, 6.07) is 11.6. The highest BCUT2D eigenvalue weighted by Crippen LogP contribution is 2.18. The van der Waals surface area contributed by atoms with Gasteiger partial charge in [0.25, 0.3) is 5.69 Å². The maximum atomic E-state index is 11.9. The highest BCUT2D eigenvalue weighted by Gasteiger charge is 2.07. The smallest absolute Gasteiger partial charge is 0.269 e. The number of aryl methyl sites for hydroxylation is 1. The van der Waals surface area contributed by atoms with Crippen LogP contribution in [0.4, 0.5) is 17.1 Å². The molecule has 0 saturated carbocycles. The van der Waals surface area contributed by atoms with Gasteiger partial charge in [0, 0.05) is 23.5 Å². The number of benzene rings is 2. The van der Waals surface area contributed by atoms with Gasteiger partial charge < -0.3 is 10.6 Å². The van der Waals surface area contributed by atoms with Crippen molar-refractivity contribution in [3.05, 3.63) is 63.7 Å². The Kier molecular flexibility index (Phi) is 4.73. The third-order valence-corrected chi connectivity index (χ3v) is 3.41. The molecule has 0 aliphatic rings. The van der Waals surface area contributed by atoms with Crippen LogP contribution in [0.3, 0.4) is 0 Å². The Labute approximate surface area is 128 Å². The number of non-ortho nitro benzene ring substituents is 1. The molecular formula is C16H17N3O3. The fourth-order valence-corrected chi connectivity index (χ4v) is 1.99. The first-order chi connectivity index (χ1) is 10.5. The number of amides is 1. The zero-order valence-corrected chi connectivity index (χ0v) is 12.4. The molecule has 6 nitrogen and oxygen atoms in total. The number of carbonyl (C=O) groups is 1. The molecule has 0 unspecified atom stereocenters. The quantitative estimate of drug-likeness (QED) is 0.655. The van der Waals surface area contributed by atoms with E-state index in [1.807, 2.05) is 32.0 Å². The summed E-state index contributed by atoms with van der Waals surface area (Å²) in [6.45, 7) is 4.13. The third-order valence-electron chi connectivity index (χ3n) is 3.41. The fraction of sp³-hybridized carbons (Fsp3) is 0.188. The summed E-state index contributed by atoms with van der Waals surface area (Å²) in [5, 5.41) is 16.3. The molecule has 2 aromatic rings. The van der Waals surface area contributed by atoms with Gasteiger partial charge in [0.1, 0.15) is 0 Å². The van der Waals surface area contributed by atoms with Crippen LogP contribution in [0.2, 0.25) is 0 Å². The van der Waals surface area contributed by atoms with Gasteiger partial charge in [-0.25, -0.2) is 0 Å². The van der Waals surface area contributed by atoms with Crippen molar-refractivity contribution in [3.8, 4) is 0 Å². The van der Waals surface area contributed by atoms with Crippen LogP contribution < -0.4 is 10.6 Å². The maximum absolute atomic E-state index is 11.9. The molecule has 0 atom stereocenters. The minimum absolute atomic E-state index is 0.00786. The van der Waals surface area contributed by atoms with Gasteiger partial charge in [-0.3, -0.25) is 14.9 Å². The maximum Gasteiger partial charge on any atom is 0.269 e. The van der Waals surface area contributed by atoms with Gasteiger partial charge in [-0.05, 0) is 43.2 Å². The average molecular weight is 299 g/mol. The highest BCUT2D eigenvalue weighted by molar-refractivity contribution is 5.93. The lowest BCUT2D eigenvalue weighted by atomic mass is 10.1. The van der Waals surface area contributed by atoms with Crippen molar-refractivity contribution in [1.82, 2.24) is 0 Å². The number of hydrogen-bond acceptors (Lipinski definition) is 4. The molecule has 0 heterocycles. The molecule has 6 heteroatoms. The monoisotopic (exact) mass is 299 g/mol. The number of nitro benzene ring substituents is 1. The SMILES string of the molecule is Cc1cccc(NCC(=O)Nc2ccc([N+](=O)[O-])cc2)c1C. The van der Waals surface area contributed by atoms with Crippen LogP contribution in [0.5, 0.6) is 0 Å². The molecule has 2 N–H and O–H groups in total. The van der Waals surface area contributed by atoms with Crippen LogP contribution in [0.25, 0.3) is 0 Å². The number of nitro groups is 1. The zero-order valence-electron chi connectivity index (χ0n) is 12.4. The van der Waals surface area contributed by atoms with Gasteiger partial charge in [-0.2, -0.15) is 0 Å². The Morgan fingerprint density at radius 3 is 2.45 bits per heavy atom. The Morgan fingerprint density at radius 2 is 1.82 bits per heavy atom. The molecule has 0 spiro atoms. The van der Waals surface area contributed by atoms with Crippen LogP contribution in [-0.4, -0.2) is 17.4 Å². The largest absolute Gasteiger partial charge is 0.376 e. The van der Waals surface area contributed by atoms with Crippen molar-refractivity contribution in [2.75, 3.05) is 17.2 Å². The van der Waals surface area contributed by atoms with Crippen molar-refractivity contribution in [1.29, 1.82) is 0 Å². The van der Waals surface area contributed by atoms with E-state index in [9.17, 15) is 14.9 Å². The van der Waals surface area contributed by atoms with Crippen LogP contribution in [0.15, 0.2) is 42.5 Å². The van der Waals surface area contributed by atoms with E-state index in [0.717, 1.165) is 16.8 Å². The van der Waals surface area contributed by atoms with Crippen molar-refractivity contribution in [2.45, 2.75) is 13.8 Å². The number of nitrogens with one attached hydrogen (secondary N) is 2. The Balaban J connectivity index is 1.93. The summed E-state index contributed by atoms with van der Waals surface area (Å²) < 4.78 is 0. The molecule has 0 bridgehead atoms. The van der Waals surface area contributed by atoms with Crippen molar-refractivity contribution < 1.29 is 9.72 Å². The summed E-state index contributed by atoms with van der Waals surface area (Å²) in [5.41, 5.74) is 3.69. The number of nitrogens with zero attached hydrogens (tertiary/aromatic N) is 1. The van der Waals surface area contributed by atoms with Crippen LogP contribution in [-0.2, 0) is 4.79 Å². The van der Waals surface area contributed by atoms with E-state index in [1.54, 1.807) is 0 Å². The Morgan fingerprint density at radius 1 is 1.14 bits per heavy atom. The predicted molar refractivity (Wildman–Crippen MR) is 86.1 cm³/mol. The number of carbonyl (C=O) groups excluding carboxylic acids is 1. The first-order valence-electron chi connectivity index (χ1n) is 6.82. The molecule has 0 saturated heterocycles. The summed E-state index contributed by atoms with van der Waals surface area (Å²) in [5.74, 6) is -0.213. The van der Waals surface area contributed by atoms with E-state index in [2.05, 4.69) is 10.6 Å². The molecule has 2 rings (SSSR count). The van der Waals surface area contributed by atoms with E-state index in [-0.39, 0.29) is 18.1 Å². The van der Waals surface area contributed by atoms with E-state index < -0.39 is 4.92 Å². The molecular weight excluding hydrogens is 282 g/mol. The van der Waals surface area contributed by atoms with Crippen LogP contribution in [0, 0.1) is 24.0 Å². The van der Waals surface area contributed by atoms with E-state index in [4.69, 9.17) is 0 Å². The van der Waals surface area contributed by atoms with Crippen molar-refractivity contribution >= 4 is 23.0 Å². The highest BCUT2D eigenvalue weighted by atomic mass is 16.6. The molecule has 1 amide bonds. The Bertz CT molecular complexity index is 696. The second kappa shape index (κ2) is 6.71. The number of rotatable bonds is 5. The molecule has 0 aliphatic heterocycles. The van der Waals surface area contributed by atoms with Gasteiger partial charge in [0.2, 0.25) is 5.91 Å². The van der Waals surface area contributed by atoms with Crippen molar-refractivity contribution in [2.24, 2.45) is 0 Å². The standard InChI is InChI=1S/C16H17N3O3/c1-11-4-3-5-15(12(11)2)17-10-16(20)18-13-6-8-14(9-7-13)19(21)22/h3-9,17H,10H2,1-2H3,(H,18,20). The van der Waals surface area contributed by atoms with Gasteiger partial charge in [0.05, 0.1) is 11.5 Å². The van der Waals surface area contributed by atoms with Gasteiger partial charge in [-0.1, -0.05) is 12.1 Å². The van der Waals surface area contributed by atoms with Crippen LogP contribution >= 0.6 is 0 Å². The fourth-order valence-electron chi connectivity index (χ4n) is 1.99. The van der Waals surface area contributed by atoms with Gasteiger partial charge in [-0.15, -0.1) is 0 Å². The molecule has 0 fully saturated rings. The summed E-state index contributed by atoms with van der Waals surface area (Å²) >= 11 is 0. The summed E-state index contributed by atoms with van der Waals surface area (Å²) in [4.78, 5) is 22.0. The third kappa shape index (κ3) is 3.82. The van der Waals surface area contributed by atoms with E-state index in [1.165, 1.54) is 24.3 Å². The Hall–Kier alpha value is -2.89. The minimum Gasteiger partial charge on any atom is -0.376 e. The van der Waals surface area contributed by atoms with Gasteiger partial charge in [0.15, 0.2) is 0 Å². The second-order valence-corrected chi connectivity index (χ2v) is 4.95. The summed E-state index contributed by atoms with van der Waals surface area (Å²) in [6.07, 6.45) is 0. The first-order valence-corrected chi connectivity index (χ1v) is 6.82. The molecule has 22 heavy (non-hydrogen) atoms. The minimum atomic E-state index is -0.479. The van der Waals surface area contributed by atoms with Crippen molar-refractivity contribution in [3.63, 3.8) is 0 Å². The van der Waals surface area contributed by atoms with Crippen LogP contribution in [0.1, 0.15) is 11.1 Å². The average Bonchev–Trinajstić information content (AvgIpc) is 2.49. The molecule has 0 aliphatic carbocycles. The molecule has 2 aromatic carbocycles. The zero-order chi connectivity index (χ0) is 16.1. The first kappa shape index (κ1) is 15.5. The normalized spacial score (nSPS) is 10.1. The van der Waals surface area contributed by atoms with Gasteiger partial charge >= 0.3 is 0 Å². The lowest BCUT2D eigenvalue weighted by molar-refractivity contribution is -0.384. The molecule has 0 aromatic heterocycles.